The van der Waals surface area contributed by atoms with Crippen molar-refractivity contribution < 1.29 is 22.7 Å². The highest BCUT2D eigenvalue weighted by Crippen LogP contribution is 2.18. The van der Waals surface area contributed by atoms with Gasteiger partial charge >= 0.3 is 5.97 Å². The van der Waals surface area contributed by atoms with E-state index in [4.69, 9.17) is 0 Å². The maximum Gasteiger partial charge on any atom is 0.310 e. The zero-order chi connectivity index (χ0) is 12.1. The first-order valence-electron chi connectivity index (χ1n) is 4.62. The van der Waals surface area contributed by atoms with Crippen LogP contribution in [0.3, 0.4) is 0 Å². The fourth-order valence-corrected chi connectivity index (χ4v) is 1.09. The molecule has 0 fully saturated rings. The number of alkyl halides is 2. The number of nitrogens with zero attached hydrogens (tertiary/aromatic N) is 1. The number of rotatable bonds is 4. The second kappa shape index (κ2) is 5.48. The van der Waals surface area contributed by atoms with Gasteiger partial charge < -0.3 is 4.74 Å². The lowest BCUT2D eigenvalue weighted by atomic mass is 10.2. The molecule has 0 aromatic carbocycles. The summed E-state index contributed by atoms with van der Waals surface area (Å²) in [5.41, 5.74) is -0.701. The molecular formula is C10H10F3NO2. The molecule has 16 heavy (non-hydrogen) atoms. The first-order chi connectivity index (χ1) is 7.54. The number of carbonyl (C=O) groups excluding carboxylic acids is 1. The Balaban J connectivity index is 2.79. The minimum Gasteiger partial charge on any atom is -0.466 e. The molecule has 0 aliphatic rings. The van der Waals surface area contributed by atoms with Crippen molar-refractivity contribution in [2.24, 2.45) is 0 Å². The first kappa shape index (κ1) is 12.5. The predicted molar refractivity (Wildman–Crippen MR) is 49.5 cm³/mol. The van der Waals surface area contributed by atoms with Gasteiger partial charge in [0.2, 0.25) is 0 Å². The molecule has 6 heteroatoms. The Hall–Kier alpha value is -1.59. The van der Waals surface area contributed by atoms with Crippen LogP contribution in [-0.2, 0) is 16.0 Å². The summed E-state index contributed by atoms with van der Waals surface area (Å²) in [5.74, 6) is -1.49. The topological polar surface area (TPSA) is 39.2 Å². The highest BCUT2D eigenvalue weighted by Gasteiger charge is 2.14. The molecule has 0 amide bonds. The molecule has 0 saturated carbocycles. The highest BCUT2D eigenvalue weighted by molar-refractivity contribution is 5.72. The lowest BCUT2D eigenvalue weighted by molar-refractivity contribution is -0.142. The van der Waals surface area contributed by atoms with E-state index in [1.54, 1.807) is 6.92 Å². The third kappa shape index (κ3) is 3.22. The van der Waals surface area contributed by atoms with Crippen LogP contribution < -0.4 is 0 Å². The zero-order valence-electron chi connectivity index (χ0n) is 8.54. The van der Waals surface area contributed by atoms with E-state index in [0.29, 0.717) is 6.07 Å². The monoisotopic (exact) mass is 233 g/mol. The second-order valence-electron chi connectivity index (χ2n) is 2.98. The van der Waals surface area contributed by atoms with Gasteiger partial charge in [0, 0.05) is 17.8 Å². The Kier molecular flexibility index (Phi) is 4.28. The predicted octanol–water partition coefficient (Wildman–Crippen LogP) is 2.26. The Bertz CT molecular complexity index is 382. The van der Waals surface area contributed by atoms with Crippen LogP contribution in [0.5, 0.6) is 0 Å². The van der Waals surface area contributed by atoms with Gasteiger partial charge in [-0.15, -0.1) is 0 Å². The van der Waals surface area contributed by atoms with Crippen molar-refractivity contribution in [3.63, 3.8) is 0 Å². The summed E-state index contributed by atoms with van der Waals surface area (Å²) >= 11 is 0. The van der Waals surface area contributed by atoms with Gasteiger partial charge in [0.25, 0.3) is 6.43 Å². The summed E-state index contributed by atoms with van der Waals surface area (Å²) in [4.78, 5) is 14.4. The second-order valence-corrected chi connectivity index (χ2v) is 2.98. The molecule has 0 aliphatic heterocycles. The third-order valence-corrected chi connectivity index (χ3v) is 1.81. The molecule has 0 atom stereocenters. The maximum absolute atomic E-state index is 13.2. The number of hydrogen-bond acceptors (Lipinski definition) is 3. The minimum absolute atomic E-state index is 0.0529. The van der Waals surface area contributed by atoms with Crippen LogP contribution in [0.25, 0.3) is 0 Å². The standard InChI is InChI=1S/C10H10F3NO2/c1-2-16-9(15)3-6-5-14-8(10(12)13)4-7(6)11/h4-5,10H,2-3H2,1H3. The molecule has 0 saturated heterocycles. The molecule has 0 N–H and O–H groups in total. The number of hydrogen-bond donors (Lipinski definition) is 0. The lowest BCUT2D eigenvalue weighted by Gasteiger charge is -2.04. The van der Waals surface area contributed by atoms with Crippen molar-refractivity contribution in [1.29, 1.82) is 0 Å². The fourth-order valence-electron chi connectivity index (χ4n) is 1.09. The lowest BCUT2D eigenvalue weighted by Crippen LogP contribution is -2.09. The molecule has 1 rings (SSSR count). The largest absolute Gasteiger partial charge is 0.466 e. The molecular weight excluding hydrogens is 223 g/mol. The van der Waals surface area contributed by atoms with E-state index >= 15 is 0 Å². The van der Waals surface area contributed by atoms with Crippen LogP contribution in [0.2, 0.25) is 0 Å². The van der Waals surface area contributed by atoms with E-state index in [-0.39, 0.29) is 18.6 Å². The summed E-state index contributed by atoms with van der Waals surface area (Å²) in [5, 5.41) is 0. The van der Waals surface area contributed by atoms with Crippen molar-refractivity contribution in [1.82, 2.24) is 4.98 Å². The van der Waals surface area contributed by atoms with Crippen LogP contribution in [0.1, 0.15) is 24.6 Å². The van der Waals surface area contributed by atoms with Crippen LogP contribution in [0.15, 0.2) is 12.3 Å². The van der Waals surface area contributed by atoms with Gasteiger partial charge in [-0.1, -0.05) is 0 Å². The van der Waals surface area contributed by atoms with Crippen molar-refractivity contribution in [2.75, 3.05) is 6.61 Å². The van der Waals surface area contributed by atoms with Gasteiger partial charge in [-0.2, -0.15) is 0 Å². The van der Waals surface area contributed by atoms with Crippen molar-refractivity contribution >= 4 is 5.97 Å². The van der Waals surface area contributed by atoms with Crippen LogP contribution in [0.4, 0.5) is 13.2 Å². The van der Waals surface area contributed by atoms with Crippen molar-refractivity contribution in [3.05, 3.63) is 29.3 Å². The fraction of sp³-hybridized carbons (Fsp3) is 0.400. The molecule has 0 bridgehead atoms. The van der Waals surface area contributed by atoms with E-state index < -0.39 is 23.9 Å². The summed E-state index contributed by atoms with van der Waals surface area (Å²) < 4.78 is 42.1. The Morgan fingerprint density at radius 2 is 2.25 bits per heavy atom. The molecule has 0 aliphatic carbocycles. The van der Waals surface area contributed by atoms with Gasteiger partial charge in [-0.25, -0.2) is 13.2 Å². The van der Waals surface area contributed by atoms with E-state index in [0.717, 1.165) is 6.20 Å². The minimum atomic E-state index is -2.83. The maximum atomic E-state index is 13.2. The van der Waals surface area contributed by atoms with Gasteiger partial charge in [0.05, 0.1) is 13.0 Å². The molecule has 3 nitrogen and oxygen atoms in total. The molecule has 1 heterocycles. The SMILES string of the molecule is CCOC(=O)Cc1cnc(C(F)F)cc1F. The number of ether oxygens (including phenoxy) is 1. The average molecular weight is 233 g/mol. The average Bonchev–Trinajstić information content (AvgIpc) is 2.21. The van der Waals surface area contributed by atoms with E-state index in [1.165, 1.54) is 0 Å². The molecule has 0 unspecified atom stereocenters. The highest BCUT2D eigenvalue weighted by atomic mass is 19.3. The molecule has 0 spiro atoms. The van der Waals surface area contributed by atoms with Crippen molar-refractivity contribution in [2.45, 2.75) is 19.8 Å². The number of esters is 1. The number of halogens is 3. The van der Waals surface area contributed by atoms with Gasteiger partial charge in [0.15, 0.2) is 0 Å². The van der Waals surface area contributed by atoms with Crippen LogP contribution >= 0.6 is 0 Å². The molecule has 1 aromatic heterocycles. The van der Waals surface area contributed by atoms with E-state index in [9.17, 15) is 18.0 Å². The van der Waals surface area contributed by atoms with Gasteiger partial charge in [-0.05, 0) is 6.92 Å². The molecule has 0 radical (unpaired) electrons. The normalized spacial score (nSPS) is 10.6. The summed E-state index contributed by atoms with van der Waals surface area (Å²) in [6, 6.07) is 0.624. The van der Waals surface area contributed by atoms with E-state index in [1.807, 2.05) is 0 Å². The summed E-state index contributed by atoms with van der Waals surface area (Å²) in [6.07, 6.45) is -2.21. The van der Waals surface area contributed by atoms with Crippen LogP contribution in [-0.4, -0.2) is 17.6 Å². The Morgan fingerprint density at radius 3 is 2.75 bits per heavy atom. The summed E-state index contributed by atoms with van der Waals surface area (Å²) in [6.45, 7) is 1.80. The first-order valence-corrected chi connectivity index (χ1v) is 4.62. The zero-order valence-corrected chi connectivity index (χ0v) is 8.54. The summed E-state index contributed by atoms with van der Waals surface area (Å²) in [7, 11) is 0. The number of carbonyl (C=O) groups is 1. The Morgan fingerprint density at radius 1 is 1.56 bits per heavy atom. The molecule has 1 aromatic rings. The smallest absolute Gasteiger partial charge is 0.310 e. The van der Waals surface area contributed by atoms with Crippen LogP contribution in [0, 0.1) is 5.82 Å². The van der Waals surface area contributed by atoms with Crippen molar-refractivity contribution in [3.8, 4) is 0 Å². The quantitative estimate of drug-likeness (QED) is 0.749. The number of pyridine rings is 1. The third-order valence-electron chi connectivity index (χ3n) is 1.81. The molecule has 88 valence electrons. The van der Waals surface area contributed by atoms with E-state index in [2.05, 4.69) is 9.72 Å². The van der Waals surface area contributed by atoms with Gasteiger partial charge in [-0.3, -0.25) is 9.78 Å². The number of aromatic nitrogens is 1. The van der Waals surface area contributed by atoms with Gasteiger partial charge in [0.1, 0.15) is 11.5 Å². The Labute approximate surface area is 90.2 Å².